The number of amides is 1. The largest absolute Gasteiger partial charge is 0.495 e. The van der Waals surface area contributed by atoms with Gasteiger partial charge in [0.1, 0.15) is 5.75 Å². The van der Waals surface area contributed by atoms with Crippen LogP contribution < -0.4 is 10.1 Å². The second-order valence-corrected chi connectivity index (χ2v) is 8.13. The molecule has 24 heavy (non-hydrogen) atoms. The predicted molar refractivity (Wildman–Crippen MR) is 88.5 cm³/mol. The maximum Gasteiger partial charge on any atom is 0.243 e. The van der Waals surface area contributed by atoms with E-state index >= 15 is 0 Å². The van der Waals surface area contributed by atoms with Crippen molar-refractivity contribution in [3.8, 4) is 5.75 Å². The Hall–Kier alpha value is -1.64. The summed E-state index contributed by atoms with van der Waals surface area (Å²) in [4.78, 5) is 12.3. The zero-order chi connectivity index (χ0) is 17.3. The Kier molecular flexibility index (Phi) is 4.80. The summed E-state index contributed by atoms with van der Waals surface area (Å²) in [6.45, 7) is 3.45. The third-order valence-electron chi connectivity index (χ3n) is 4.48. The zero-order valence-corrected chi connectivity index (χ0v) is 14.6. The average Bonchev–Trinajstić information content (AvgIpc) is 3.32. The van der Waals surface area contributed by atoms with Crippen LogP contribution in [0.4, 0.5) is 5.69 Å². The highest BCUT2D eigenvalue weighted by atomic mass is 32.2. The van der Waals surface area contributed by atoms with E-state index in [9.17, 15) is 13.2 Å². The Bertz CT molecular complexity index is 728. The predicted octanol–water partition coefficient (Wildman–Crippen LogP) is 1.31. The number of nitrogens with zero attached hydrogens (tertiary/aromatic N) is 1. The first-order valence-corrected chi connectivity index (χ1v) is 9.44. The van der Waals surface area contributed by atoms with Gasteiger partial charge in [-0.15, -0.1) is 0 Å². The number of methoxy groups -OCH3 is 1. The molecule has 0 spiro atoms. The number of anilines is 1. The fourth-order valence-corrected chi connectivity index (χ4v) is 4.23. The van der Waals surface area contributed by atoms with Crippen LogP contribution in [0.2, 0.25) is 0 Å². The average molecular weight is 354 g/mol. The van der Waals surface area contributed by atoms with Gasteiger partial charge in [0.2, 0.25) is 15.9 Å². The van der Waals surface area contributed by atoms with Crippen LogP contribution in [-0.2, 0) is 19.6 Å². The lowest BCUT2D eigenvalue weighted by Gasteiger charge is -2.26. The molecule has 8 heteroatoms. The maximum absolute atomic E-state index is 12.7. The highest BCUT2D eigenvalue weighted by Crippen LogP contribution is 2.39. The fourth-order valence-electron chi connectivity index (χ4n) is 2.79. The molecule has 1 saturated heterocycles. The molecule has 7 nitrogen and oxygen atoms in total. The Labute approximate surface area is 142 Å². The van der Waals surface area contributed by atoms with Crippen LogP contribution in [0, 0.1) is 11.8 Å². The minimum atomic E-state index is -3.61. The van der Waals surface area contributed by atoms with E-state index in [0.717, 1.165) is 6.42 Å². The Balaban J connectivity index is 1.86. The summed E-state index contributed by atoms with van der Waals surface area (Å²) >= 11 is 0. The van der Waals surface area contributed by atoms with Crippen LogP contribution in [0.15, 0.2) is 23.1 Å². The van der Waals surface area contributed by atoms with Gasteiger partial charge in [-0.1, -0.05) is 6.92 Å². The maximum atomic E-state index is 12.7. The molecule has 1 aliphatic carbocycles. The van der Waals surface area contributed by atoms with E-state index in [1.807, 2.05) is 6.92 Å². The number of hydrogen-bond donors (Lipinski definition) is 1. The number of ether oxygens (including phenoxy) is 2. The lowest BCUT2D eigenvalue weighted by Crippen LogP contribution is -2.40. The third kappa shape index (κ3) is 3.40. The summed E-state index contributed by atoms with van der Waals surface area (Å²) < 4.78 is 37.3. The van der Waals surface area contributed by atoms with Gasteiger partial charge in [-0.05, 0) is 30.5 Å². The number of morpholine rings is 1. The molecule has 0 bridgehead atoms. The van der Waals surface area contributed by atoms with E-state index in [4.69, 9.17) is 9.47 Å². The fraction of sp³-hybridized carbons (Fsp3) is 0.562. The first kappa shape index (κ1) is 17.2. The van der Waals surface area contributed by atoms with Gasteiger partial charge >= 0.3 is 0 Å². The van der Waals surface area contributed by atoms with E-state index in [1.165, 1.54) is 23.5 Å². The highest BCUT2D eigenvalue weighted by Gasteiger charge is 2.39. The zero-order valence-electron chi connectivity index (χ0n) is 13.8. The Morgan fingerprint density at radius 2 is 2.00 bits per heavy atom. The molecule has 1 amide bonds. The topological polar surface area (TPSA) is 84.9 Å². The van der Waals surface area contributed by atoms with Crippen LogP contribution >= 0.6 is 0 Å². The molecule has 1 heterocycles. The molecule has 0 aromatic heterocycles. The van der Waals surface area contributed by atoms with Crippen molar-refractivity contribution in [3.63, 3.8) is 0 Å². The van der Waals surface area contributed by atoms with Crippen molar-refractivity contribution in [2.75, 3.05) is 38.7 Å². The van der Waals surface area contributed by atoms with Gasteiger partial charge in [0.05, 0.1) is 30.9 Å². The summed E-state index contributed by atoms with van der Waals surface area (Å²) in [5.41, 5.74) is 0.385. The molecule has 1 aromatic carbocycles. The standard InChI is InChI=1S/C16H22N2O5S/c1-11-9-13(11)16(19)17-14-10-12(3-4-15(14)22-2)24(20,21)18-5-7-23-8-6-18/h3-4,10-11,13H,5-9H2,1-2H3,(H,17,19)/t11-,13-/m0/s1. The van der Waals surface area contributed by atoms with E-state index < -0.39 is 10.0 Å². The number of carbonyl (C=O) groups excluding carboxylic acids is 1. The summed E-state index contributed by atoms with van der Waals surface area (Å²) in [7, 11) is -2.13. The third-order valence-corrected chi connectivity index (χ3v) is 6.38. The minimum absolute atomic E-state index is 0.00536. The molecule has 0 unspecified atom stereocenters. The molecule has 1 saturated carbocycles. The van der Waals surface area contributed by atoms with Crippen LogP contribution in [0.3, 0.4) is 0 Å². The van der Waals surface area contributed by atoms with Crippen molar-refractivity contribution in [2.45, 2.75) is 18.2 Å². The van der Waals surface area contributed by atoms with E-state index in [-0.39, 0.29) is 16.7 Å². The summed E-state index contributed by atoms with van der Waals surface area (Å²) in [5.74, 6) is 0.713. The number of sulfonamides is 1. The minimum Gasteiger partial charge on any atom is -0.495 e. The number of hydrogen-bond acceptors (Lipinski definition) is 5. The Morgan fingerprint density at radius 1 is 1.33 bits per heavy atom. The van der Waals surface area contributed by atoms with Gasteiger partial charge in [0.15, 0.2) is 0 Å². The van der Waals surface area contributed by atoms with Gasteiger partial charge < -0.3 is 14.8 Å². The SMILES string of the molecule is COc1ccc(S(=O)(=O)N2CCOCC2)cc1NC(=O)[C@H]1C[C@@H]1C. The first-order chi connectivity index (χ1) is 11.4. The van der Waals surface area contributed by atoms with Gasteiger partial charge in [0, 0.05) is 19.0 Å². The molecule has 2 atom stereocenters. The molecular formula is C16H22N2O5S. The second-order valence-electron chi connectivity index (χ2n) is 6.19. The number of rotatable bonds is 5. The first-order valence-electron chi connectivity index (χ1n) is 8.00. The molecule has 132 valence electrons. The van der Waals surface area contributed by atoms with Crippen molar-refractivity contribution in [3.05, 3.63) is 18.2 Å². The lowest BCUT2D eigenvalue weighted by atomic mass is 10.2. The monoisotopic (exact) mass is 354 g/mol. The lowest BCUT2D eigenvalue weighted by molar-refractivity contribution is -0.117. The van der Waals surface area contributed by atoms with Crippen molar-refractivity contribution in [1.82, 2.24) is 4.31 Å². The summed E-state index contributed by atoms with van der Waals surface area (Å²) in [5, 5.41) is 2.80. The van der Waals surface area contributed by atoms with Gasteiger partial charge in [-0.3, -0.25) is 4.79 Å². The van der Waals surface area contributed by atoms with Crippen molar-refractivity contribution in [1.29, 1.82) is 0 Å². The number of benzene rings is 1. The quantitative estimate of drug-likeness (QED) is 0.862. The smallest absolute Gasteiger partial charge is 0.243 e. The second kappa shape index (κ2) is 6.70. The van der Waals surface area contributed by atoms with E-state index in [1.54, 1.807) is 6.07 Å². The van der Waals surface area contributed by atoms with E-state index in [0.29, 0.717) is 43.7 Å². The van der Waals surface area contributed by atoms with Crippen molar-refractivity contribution < 1.29 is 22.7 Å². The number of carbonyl (C=O) groups is 1. The molecule has 1 aromatic rings. The normalized spacial score (nSPS) is 24.4. The Morgan fingerprint density at radius 3 is 2.58 bits per heavy atom. The van der Waals surface area contributed by atoms with Crippen LogP contribution in [0.25, 0.3) is 0 Å². The highest BCUT2D eigenvalue weighted by molar-refractivity contribution is 7.89. The van der Waals surface area contributed by atoms with E-state index in [2.05, 4.69) is 5.32 Å². The van der Waals surface area contributed by atoms with Gasteiger partial charge in [-0.2, -0.15) is 4.31 Å². The summed E-state index contributed by atoms with van der Waals surface area (Å²) in [6.07, 6.45) is 0.861. The van der Waals surface area contributed by atoms with Crippen LogP contribution in [0.1, 0.15) is 13.3 Å². The van der Waals surface area contributed by atoms with Crippen molar-refractivity contribution in [2.24, 2.45) is 11.8 Å². The molecule has 1 N–H and O–H groups in total. The molecule has 1 aliphatic heterocycles. The van der Waals surface area contributed by atoms with Crippen molar-refractivity contribution >= 4 is 21.6 Å². The number of nitrogens with one attached hydrogen (secondary N) is 1. The van der Waals surface area contributed by atoms with Crippen LogP contribution in [-0.4, -0.2) is 52.0 Å². The van der Waals surface area contributed by atoms with Gasteiger partial charge in [-0.25, -0.2) is 8.42 Å². The molecule has 2 fully saturated rings. The molecule has 3 rings (SSSR count). The molecular weight excluding hydrogens is 332 g/mol. The van der Waals surface area contributed by atoms with Crippen LogP contribution in [0.5, 0.6) is 5.75 Å². The summed E-state index contributed by atoms with van der Waals surface area (Å²) in [6, 6.07) is 4.53. The van der Waals surface area contributed by atoms with Gasteiger partial charge in [0.25, 0.3) is 0 Å². The molecule has 2 aliphatic rings. The molecule has 0 radical (unpaired) electrons.